The molecule has 8 nitrogen and oxygen atoms in total. The fraction of sp³-hybridized carbons (Fsp3) is 0.280. The Morgan fingerprint density at radius 3 is 2.50 bits per heavy atom. The van der Waals surface area contributed by atoms with Crippen LogP contribution in [0.4, 0.5) is 5.82 Å². The van der Waals surface area contributed by atoms with Gasteiger partial charge in [-0.1, -0.05) is 11.6 Å². The van der Waals surface area contributed by atoms with Gasteiger partial charge in [-0.2, -0.15) is 5.10 Å². The second-order valence-corrected chi connectivity index (χ2v) is 8.72. The molecule has 0 spiro atoms. The van der Waals surface area contributed by atoms with Gasteiger partial charge in [0.2, 0.25) is 0 Å². The summed E-state index contributed by atoms with van der Waals surface area (Å²) >= 11 is 5.90. The van der Waals surface area contributed by atoms with Crippen molar-refractivity contribution in [2.24, 2.45) is 0 Å². The Kier molecular flexibility index (Phi) is 6.06. The minimum Gasteiger partial charge on any atom is -0.497 e. The van der Waals surface area contributed by atoms with E-state index in [1.54, 1.807) is 31.4 Å². The third kappa shape index (κ3) is 4.54. The maximum Gasteiger partial charge on any atom is 0.251 e. The van der Waals surface area contributed by atoms with E-state index in [-0.39, 0.29) is 5.91 Å². The molecule has 174 valence electrons. The van der Waals surface area contributed by atoms with Gasteiger partial charge in [0.15, 0.2) is 5.65 Å². The first-order valence-corrected chi connectivity index (χ1v) is 11.6. The zero-order valence-corrected chi connectivity index (χ0v) is 19.8. The number of aryl methyl sites for hydroxylation is 1. The van der Waals surface area contributed by atoms with Crippen molar-refractivity contribution in [2.75, 3.05) is 25.5 Å². The molecule has 2 aromatic heterocycles. The van der Waals surface area contributed by atoms with E-state index >= 15 is 0 Å². The third-order valence-corrected chi connectivity index (χ3v) is 6.04. The number of carbonyl (C=O) groups excluding carboxylic acids is 1. The highest BCUT2D eigenvalue weighted by molar-refractivity contribution is 6.30. The summed E-state index contributed by atoms with van der Waals surface area (Å²) in [5, 5.41) is 12.5. The number of amides is 1. The number of hydrogen-bond acceptors (Lipinski definition) is 6. The molecule has 1 aliphatic carbocycles. The molecule has 2 heterocycles. The first-order chi connectivity index (χ1) is 16.5. The lowest BCUT2D eigenvalue weighted by molar-refractivity contribution is 0.0955. The molecule has 2 aromatic carbocycles. The number of nitrogens with zero attached hydrogens (tertiary/aromatic N) is 4. The number of aromatic nitrogens is 4. The van der Waals surface area contributed by atoms with E-state index in [0.717, 1.165) is 52.6 Å². The quantitative estimate of drug-likeness (QED) is 0.363. The van der Waals surface area contributed by atoms with Crippen LogP contribution in [0.25, 0.3) is 16.7 Å². The van der Waals surface area contributed by atoms with Crippen molar-refractivity contribution in [1.82, 2.24) is 25.1 Å². The number of carbonyl (C=O) groups is 1. The summed E-state index contributed by atoms with van der Waals surface area (Å²) in [5.74, 6) is 2.59. The van der Waals surface area contributed by atoms with Gasteiger partial charge in [0.1, 0.15) is 17.4 Å². The predicted octanol–water partition coefficient (Wildman–Crippen LogP) is 4.51. The first kappa shape index (κ1) is 22.2. The topological polar surface area (TPSA) is 94.0 Å². The fourth-order valence-electron chi connectivity index (χ4n) is 3.82. The molecular weight excluding hydrogens is 452 g/mol. The van der Waals surface area contributed by atoms with Crippen LogP contribution < -0.4 is 15.4 Å². The summed E-state index contributed by atoms with van der Waals surface area (Å²) in [4.78, 5) is 22.1. The van der Waals surface area contributed by atoms with Crippen molar-refractivity contribution in [3.8, 4) is 11.4 Å². The van der Waals surface area contributed by atoms with Gasteiger partial charge in [-0.25, -0.2) is 14.6 Å². The summed E-state index contributed by atoms with van der Waals surface area (Å²) in [6.45, 7) is 2.91. The zero-order valence-electron chi connectivity index (χ0n) is 19.0. The van der Waals surface area contributed by atoms with E-state index in [9.17, 15) is 4.79 Å². The third-order valence-electron chi connectivity index (χ3n) is 5.79. The largest absolute Gasteiger partial charge is 0.497 e. The van der Waals surface area contributed by atoms with Crippen LogP contribution in [-0.4, -0.2) is 45.9 Å². The molecule has 1 aliphatic rings. The predicted molar refractivity (Wildman–Crippen MR) is 132 cm³/mol. The van der Waals surface area contributed by atoms with Crippen LogP contribution in [0.1, 0.15) is 40.6 Å². The molecule has 9 heteroatoms. The maximum atomic E-state index is 12.4. The van der Waals surface area contributed by atoms with Crippen LogP contribution in [0.15, 0.2) is 48.5 Å². The van der Waals surface area contributed by atoms with Gasteiger partial charge in [-0.05, 0) is 68.3 Å². The average molecular weight is 477 g/mol. The molecule has 1 saturated carbocycles. The lowest BCUT2D eigenvalue weighted by atomic mass is 10.2. The number of benzene rings is 2. The Morgan fingerprint density at radius 1 is 1.09 bits per heavy atom. The number of rotatable bonds is 8. The normalized spacial score (nSPS) is 13.1. The first-order valence-electron chi connectivity index (χ1n) is 11.2. The van der Waals surface area contributed by atoms with E-state index in [0.29, 0.717) is 29.6 Å². The van der Waals surface area contributed by atoms with Gasteiger partial charge in [0.05, 0.1) is 23.9 Å². The van der Waals surface area contributed by atoms with Gasteiger partial charge in [-0.15, -0.1) is 0 Å². The van der Waals surface area contributed by atoms with Crippen molar-refractivity contribution in [2.45, 2.75) is 25.7 Å². The number of anilines is 1. The minimum atomic E-state index is -0.145. The highest BCUT2D eigenvalue weighted by Gasteiger charge is 2.29. The van der Waals surface area contributed by atoms with Crippen LogP contribution in [0.5, 0.6) is 5.75 Å². The van der Waals surface area contributed by atoms with E-state index in [2.05, 4.69) is 10.6 Å². The monoisotopic (exact) mass is 476 g/mol. The van der Waals surface area contributed by atoms with Gasteiger partial charge >= 0.3 is 0 Å². The lowest BCUT2D eigenvalue weighted by Gasteiger charge is -2.11. The second kappa shape index (κ2) is 9.30. The van der Waals surface area contributed by atoms with E-state index in [4.69, 9.17) is 31.4 Å². The smallest absolute Gasteiger partial charge is 0.251 e. The number of methoxy groups -OCH3 is 1. The molecule has 0 radical (unpaired) electrons. The molecule has 0 unspecified atom stereocenters. The second-order valence-electron chi connectivity index (χ2n) is 8.29. The van der Waals surface area contributed by atoms with Crippen LogP contribution in [0.3, 0.4) is 0 Å². The van der Waals surface area contributed by atoms with Crippen molar-refractivity contribution >= 4 is 34.4 Å². The number of nitrogens with one attached hydrogen (secondary N) is 2. The van der Waals surface area contributed by atoms with Crippen molar-refractivity contribution in [3.05, 3.63) is 70.6 Å². The fourth-order valence-corrected chi connectivity index (χ4v) is 3.94. The molecule has 34 heavy (non-hydrogen) atoms. The molecule has 1 amide bonds. The van der Waals surface area contributed by atoms with Crippen molar-refractivity contribution < 1.29 is 9.53 Å². The molecule has 0 aliphatic heterocycles. The summed E-state index contributed by atoms with van der Waals surface area (Å²) in [6, 6.07) is 14.6. The number of ether oxygens (including phenoxy) is 1. The van der Waals surface area contributed by atoms with Gasteiger partial charge in [0, 0.05) is 29.6 Å². The highest BCUT2D eigenvalue weighted by Crippen LogP contribution is 2.40. The lowest BCUT2D eigenvalue weighted by Crippen LogP contribution is -2.29. The Labute approximate surface area is 202 Å². The highest BCUT2D eigenvalue weighted by atomic mass is 35.5. The number of fused-ring (bicyclic) bond motifs is 1. The van der Waals surface area contributed by atoms with Crippen LogP contribution >= 0.6 is 11.6 Å². The number of hydrogen-bond donors (Lipinski definition) is 2. The molecule has 0 saturated heterocycles. The summed E-state index contributed by atoms with van der Waals surface area (Å²) in [5.41, 5.74) is 3.08. The standard InChI is InChI=1S/C25H25ClN6O2/c1-15-21-23(27-13-14-28-25(33)17-5-7-18(26)8-6-17)29-22(16-3-4-16)30-24(21)32(31-15)19-9-11-20(34-2)12-10-19/h5-12,16H,3-4,13-14H2,1-2H3,(H,28,33)(H,27,29,30). The van der Waals surface area contributed by atoms with Gasteiger partial charge in [-0.3, -0.25) is 4.79 Å². The van der Waals surface area contributed by atoms with Crippen LogP contribution in [-0.2, 0) is 0 Å². The molecule has 5 rings (SSSR count). The molecule has 2 N–H and O–H groups in total. The maximum absolute atomic E-state index is 12.4. The molecule has 0 bridgehead atoms. The zero-order chi connectivity index (χ0) is 23.7. The molecule has 0 atom stereocenters. The van der Waals surface area contributed by atoms with E-state index < -0.39 is 0 Å². The van der Waals surface area contributed by atoms with Gasteiger partial charge < -0.3 is 15.4 Å². The minimum absolute atomic E-state index is 0.145. The number of halogens is 1. The van der Waals surface area contributed by atoms with Crippen LogP contribution in [0, 0.1) is 6.92 Å². The summed E-state index contributed by atoms with van der Waals surface area (Å²) < 4.78 is 7.13. The SMILES string of the molecule is COc1ccc(-n2nc(C)c3c(NCCNC(=O)c4ccc(Cl)cc4)nc(C4CC4)nc32)cc1. The molecule has 4 aromatic rings. The Morgan fingerprint density at radius 2 is 1.82 bits per heavy atom. The summed E-state index contributed by atoms with van der Waals surface area (Å²) in [6.07, 6.45) is 2.19. The Hall–Kier alpha value is -3.65. The van der Waals surface area contributed by atoms with E-state index in [1.165, 1.54) is 0 Å². The molecular formula is C25H25ClN6O2. The average Bonchev–Trinajstić information content (AvgIpc) is 3.65. The van der Waals surface area contributed by atoms with Crippen LogP contribution in [0.2, 0.25) is 5.02 Å². The van der Waals surface area contributed by atoms with E-state index in [1.807, 2.05) is 35.9 Å². The summed E-state index contributed by atoms with van der Waals surface area (Å²) in [7, 11) is 1.65. The van der Waals surface area contributed by atoms with Crippen molar-refractivity contribution in [3.63, 3.8) is 0 Å². The van der Waals surface area contributed by atoms with Gasteiger partial charge in [0.25, 0.3) is 5.91 Å². The Bertz CT molecular complexity index is 1330. The van der Waals surface area contributed by atoms with Crippen molar-refractivity contribution in [1.29, 1.82) is 0 Å². The molecule has 1 fully saturated rings. The Balaban J connectivity index is 1.37.